The summed E-state index contributed by atoms with van der Waals surface area (Å²) in [6, 6.07) is -0.805. The third kappa shape index (κ3) is 4.55. The quantitative estimate of drug-likeness (QED) is 0.685. The standard InChI is InChI=1S/C11H22N2O4S/c1-8-3-5-13(7-10(8)14)11(15)9(12)4-6-18(2,16)17/h8-10,14H,3-7,12H2,1-2H3. The van der Waals surface area contributed by atoms with Crippen molar-refractivity contribution in [1.29, 1.82) is 0 Å². The van der Waals surface area contributed by atoms with Gasteiger partial charge in [-0.3, -0.25) is 4.79 Å². The molecule has 1 aliphatic rings. The van der Waals surface area contributed by atoms with Crippen LogP contribution in [0.4, 0.5) is 0 Å². The molecular formula is C11H22N2O4S. The largest absolute Gasteiger partial charge is 0.391 e. The fourth-order valence-corrected chi connectivity index (χ4v) is 2.63. The van der Waals surface area contributed by atoms with Crippen molar-refractivity contribution in [2.24, 2.45) is 11.7 Å². The number of hydrogen-bond donors (Lipinski definition) is 2. The first-order valence-electron chi connectivity index (χ1n) is 6.11. The Hall–Kier alpha value is -0.660. The Bertz CT molecular complexity index is 396. The summed E-state index contributed by atoms with van der Waals surface area (Å²) in [5, 5.41) is 9.71. The number of carbonyl (C=O) groups excluding carboxylic acids is 1. The minimum atomic E-state index is -3.10. The molecule has 1 rings (SSSR count). The van der Waals surface area contributed by atoms with E-state index in [9.17, 15) is 18.3 Å². The van der Waals surface area contributed by atoms with E-state index in [2.05, 4.69) is 0 Å². The molecule has 3 unspecified atom stereocenters. The van der Waals surface area contributed by atoms with E-state index >= 15 is 0 Å². The summed E-state index contributed by atoms with van der Waals surface area (Å²) in [5.41, 5.74) is 5.70. The van der Waals surface area contributed by atoms with Crippen LogP contribution in [0.1, 0.15) is 19.8 Å². The van der Waals surface area contributed by atoms with Crippen molar-refractivity contribution >= 4 is 15.7 Å². The van der Waals surface area contributed by atoms with Crippen LogP contribution in [-0.2, 0) is 14.6 Å². The molecule has 0 radical (unpaired) electrons. The van der Waals surface area contributed by atoms with Gasteiger partial charge in [-0.15, -0.1) is 0 Å². The first kappa shape index (κ1) is 15.4. The van der Waals surface area contributed by atoms with Crippen molar-refractivity contribution in [2.45, 2.75) is 31.9 Å². The van der Waals surface area contributed by atoms with Gasteiger partial charge in [0, 0.05) is 19.3 Å². The summed E-state index contributed by atoms with van der Waals surface area (Å²) in [6.45, 7) is 2.80. The van der Waals surface area contributed by atoms with Crippen molar-refractivity contribution in [3.8, 4) is 0 Å². The highest BCUT2D eigenvalue weighted by Gasteiger charge is 2.29. The Balaban J connectivity index is 2.49. The molecule has 7 heteroatoms. The maximum absolute atomic E-state index is 12.0. The summed E-state index contributed by atoms with van der Waals surface area (Å²) >= 11 is 0. The van der Waals surface area contributed by atoms with Gasteiger partial charge in [0.1, 0.15) is 9.84 Å². The molecule has 18 heavy (non-hydrogen) atoms. The number of nitrogens with zero attached hydrogens (tertiary/aromatic N) is 1. The molecule has 1 amide bonds. The van der Waals surface area contributed by atoms with Gasteiger partial charge in [-0.05, 0) is 18.8 Å². The molecule has 106 valence electrons. The van der Waals surface area contributed by atoms with Crippen molar-refractivity contribution in [2.75, 3.05) is 25.1 Å². The second-order valence-electron chi connectivity index (χ2n) is 5.14. The van der Waals surface area contributed by atoms with Crippen LogP contribution < -0.4 is 5.73 Å². The summed E-state index contributed by atoms with van der Waals surface area (Å²) in [4.78, 5) is 13.5. The SMILES string of the molecule is CC1CCN(C(=O)C(N)CCS(C)(=O)=O)CC1O. The van der Waals surface area contributed by atoms with Crippen molar-refractivity contribution in [3.63, 3.8) is 0 Å². The molecule has 0 aromatic rings. The number of nitrogens with two attached hydrogens (primary N) is 1. The normalized spacial score (nSPS) is 27.0. The van der Waals surface area contributed by atoms with Gasteiger partial charge < -0.3 is 15.7 Å². The first-order valence-corrected chi connectivity index (χ1v) is 8.17. The molecule has 0 aliphatic carbocycles. The van der Waals surface area contributed by atoms with E-state index in [1.54, 1.807) is 0 Å². The van der Waals surface area contributed by atoms with E-state index < -0.39 is 22.0 Å². The highest BCUT2D eigenvalue weighted by atomic mass is 32.2. The molecule has 3 atom stereocenters. The highest BCUT2D eigenvalue weighted by Crippen LogP contribution is 2.17. The van der Waals surface area contributed by atoms with Crippen LogP contribution >= 0.6 is 0 Å². The zero-order valence-electron chi connectivity index (χ0n) is 10.9. The Morgan fingerprint density at radius 3 is 2.67 bits per heavy atom. The second-order valence-corrected chi connectivity index (χ2v) is 7.40. The first-order chi connectivity index (χ1) is 8.20. The summed E-state index contributed by atoms with van der Waals surface area (Å²) < 4.78 is 22.0. The van der Waals surface area contributed by atoms with Crippen molar-refractivity contribution in [3.05, 3.63) is 0 Å². The van der Waals surface area contributed by atoms with Crippen LogP contribution in [0.15, 0.2) is 0 Å². The molecular weight excluding hydrogens is 256 g/mol. The van der Waals surface area contributed by atoms with Crippen LogP contribution in [0.3, 0.4) is 0 Å². The number of β-amino-alcohol motifs (C(OH)–C–C–N with tert-alkyl or cyclic N) is 1. The summed E-state index contributed by atoms with van der Waals surface area (Å²) in [5.74, 6) is -0.182. The van der Waals surface area contributed by atoms with E-state index in [1.807, 2.05) is 6.92 Å². The monoisotopic (exact) mass is 278 g/mol. The lowest BCUT2D eigenvalue weighted by Gasteiger charge is -2.35. The average molecular weight is 278 g/mol. The van der Waals surface area contributed by atoms with E-state index in [1.165, 1.54) is 4.90 Å². The minimum absolute atomic E-state index is 0.0906. The van der Waals surface area contributed by atoms with Crippen molar-refractivity contribution in [1.82, 2.24) is 4.90 Å². The summed E-state index contributed by atoms with van der Waals surface area (Å²) in [6.07, 6.45) is 1.46. The number of carbonyl (C=O) groups is 1. The van der Waals surface area contributed by atoms with Crippen molar-refractivity contribution < 1.29 is 18.3 Å². The minimum Gasteiger partial charge on any atom is -0.391 e. The fraction of sp³-hybridized carbons (Fsp3) is 0.909. The third-order valence-corrected chi connectivity index (χ3v) is 4.32. The van der Waals surface area contributed by atoms with Crippen LogP contribution in [-0.4, -0.2) is 61.6 Å². The molecule has 0 saturated carbocycles. The zero-order valence-corrected chi connectivity index (χ0v) is 11.7. The molecule has 6 nitrogen and oxygen atoms in total. The van der Waals surface area contributed by atoms with E-state index in [-0.39, 0.29) is 30.5 Å². The maximum atomic E-state index is 12.0. The maximum Gasteiger partial charge on any atom is 0.239 e. The third-order valence-electron chi connectivity index (χ3n) is 3.35. The van der Waals surface area contributed by atoms with Gasteiger partial charge in [0.05, 0.1) is 17.9 Å². The van der Waals surface area contributed by atoms with E-state index in [4.69, 9.17) is 5.73 Å². The predicted octanol–water partition coefficient (Wildman–Crippen LogP) is -1.02. The molecule has 1 saturated heterocycles. The second kappa shape index (κ2) is 5.99. The summed E-state index contributed by atoms with van der Waals surface area (Å²) in [7, 11) is -3.10. The highest BCUT2D eigenvalue weighted by molar-refractivity contribution is 7.90. The van der Waals surface area contributed by atoms with Crippen LogP contribution in [0.25, 0.3) is 0 Å². The van der Waals surface area contributed by atoms with Gasteiger partial charge in [-0.1, -0.05) is 6.92 Å². The number of rotatable bonds is 4. The van der Waals surface area contributed by atoms with Gasteiger partial charge in [-0.25, -0.2) is 8.42 Å². The van der Waals surface area contributed by atoms with Gasteiger partial charge in [0.25, 0.3) is 0 Å². The lowest BCUT2D eigenvalue weighted by molar-refractivity contribution is -0.136. The topological polar surface area (TPSA) is 101 Å². The van der Waals surface area contributed by atoms with E-state index in [0.717, 1.165) is 12.7 Å². The van der Waals surface area contributed by atoms with Crippen LogP contribution in [0.5, 0.6) is 0 Å². The van der Waals surface area contributed by atoms with Gasteiger partial charge in [0.15, 0.2) is 0 Å². The molecule has 0 aromatic heterocycles. The average Bonchev–Trinajstić information content (AvgIpc) is 2.27. The number of piperidine rings is 1. The predicted molar refractivity (Wildman–Crippen MR) is 68.7 cm³/mol. The Morgan fingerprint density at radius 1 is 1.56 bits per heavy atom. The van der Waals surface area contributed by atoms with Gasteiger partial charge >= 0.3 is 0 Å². The Morgan fingerprint density at radius 2 is 2.17 bits per heavy atom. The molecule has 0 bridgehead atoms. The number of aliphatic hydroxyl groups excluding tert-OH is 1. The molecule has 1 heterocycles. The lowest BCUT2D eigenvalue weighted by atomic mass is 9.95. The van der Waals surface area contributed by atoms with Crippen LogP contribution in [0.2, 0.25) is 0 Å². The lowest BCUT2D eigenvalue weighted by Crippen LogP contribution is -2.51. The zero-order chi connectivity index (χ0) is 13.9. The Labute approximate surface area is 108 Å². The Kier molecular flexibility index (Phi) is 5.12. The number of hydrogen-bond acceptors (Lipinski definition) is 5. The number of aliphatic hydroxyl groups is 1. The van der Waals surface area contributed by atoms with Crippen LogP contribution in [0, 0.1) is 5.92 Å². The number of amides is 1. The number of likely N-dealkylation sites (tertiary alicyclic amines) is 1. The molecule has 0 aromatic carbocycles. The molecule has 3 N–H and O–H groups in total. The fourth-order valence-electron chi connectivity index (χ4n) is 1.95. The van der Waals surface area contributed by atoms with Gasteiger partial charge in [0.2, 0.25) is 5.91 Å². The van der Waals surface area contributed by atoms with Gasteiger partial charge in [-0.2, -0.15) is 0 Å². The number of sulfone groups is 1. The molecule has 0 spiro atoms. The molecule has 1 fully saturated rings. The molecule has 1 aliphatic heterocycles. The van der Waals surface area contributed by atoms with E-state index in [0.29, 0.717) is 6.54 Å². The smallest absolute Gasteiger partial charge is 0.239 e.